The molecule has 0 aliphatic carbocycles. The molecule has 6 nitrogen and oxygen atoms in total. The van der Waals surface area contributed by atoms with Crippen LogP contribution in [0.5, 0.6) is 5.88 Å². The van der Waals surface area contributed by atoms with Gasteiger partial charge in [0.25, 0.3) is 0 Å². The lowest BCUT2D eigenvalue weighted by molar-refractivity contribution is -0.130. The number of pyridine rings is 1. The van der Waals surface area contributed by atoms with Crippen molar-refractivity contribution in [1.29, 1.82) is 0 Å². The first-order valence-corrected chi connectivity index (χ1v) is 6.53. The lowest BCUT2D eigenvalue weighted by atomic mass is 10.1. The molecule has 0 bridgehead atoms. The number of hydrogen-bond acceptors (Lipinski definition) is 5. The number of rotatable bonds is 4. The van der Waals surface area contributed by atoms with Gasteiger partial charge in [0.2, 0.25) is 11.8 Å². The van der Waals surface area contributed by atoms with E-state index in [9.17, 15) is 4.79 Å². The molecule has 1 amide bonds. The van der Waals surface area contributed by atoms with Gasteiger partial charge in [0.05, 0.1) is 19.3 Å². The molecule has 3 N–H and O–H groups in total. The quantitative estimate of drug-likeness (QED) is 0.851. The molecule has 1 aliphatic heterocycles. The summed E-state index contributed by atoms with van der Waals surface area (Å²) in [5.41, 5.74) is 6.16. The predicted octanol–water partition coefficient (Wildman–Crippen LogP) is 1.10. The third-order valence-corrected chi connectivity index (χ3v) is 3.21. The summed E-state index contributed by atoms with van der Waals surface area (Å²) < 4.78 is 5.04. The molecule has 1 saturated heterocycles. The number of nitrogens with two attached hydrogens (primary N) is 1. The van der Waals surface area contributed by atoms with Gasteiger partial charge in [-0.1, -0.05) is 0 Å². The van der Waals surface area contributed by atoms with Crippen molar-refractivity contribution in [2.75, 3.05) is 37.8 Å². The van der Waals surface area contributed by atoms with Gasteiger partial charge in [-0.2, -0.15) is 4.98 Å². The molecule has 2 rings (SSSR count). The number of ether oxygens (including phenoxy) is 1. The maximum atomic E-state index is 12.0. The number of piperidine rings is 1. The second-order valence-corrected chi connectivity index (χ2v) is 4.59. The van der Waals surface area contributed by atoms with Crippen molar-refractivity contribution < 1.29 is 9.53 Å². The van der Waals surface area contributed by atoms with E-state index >= 15 is 0 Å². The first-order valence-electron chi connectivity index (χ1n) is 6.53. The van der Waals surface area contributed by atoms with Crippen LogP contribution in [-0.4, -0.2) is 42.5 Å². The average molecular weight is 264 g/mol. The summed E-state index contributed by atoms with van der Waals surface area (Å²) in [6, 6.07) is 3.45. The summed E-state index contributed by atoms with van der Waals surface area (Å²) in [5, 5.41) is 3.01. The lowest BCUT2D eigenvalue weighted by Crippen LogP contribution is -2.39. The highest BCUT2D eigenvalue weighted by molar-refractivity contribution is 5.80. The first-order chi connectivity index (χ1) is 9.20. The van der Waals surface area contributed by atoms with Gasteiger partial charge in [-0.25, -0.2) is 0 Å². The van der Waals surface area contributed by atoms with Gasteiger partial charge in [-0.3, -0.25) is 4.79 Å². The van der Waals surface area contributed by atoms with Crippen molar-refractivity contribution in [3.05, 3.63) is 12.1 Å². The third kappa shape index (κ3) is 3.49. The highest BCUT2D eigenvalue weighted by Gasteiger charge is 2.16. The van der Waals surface area contributed by atoms with Crippen LogP contribution in [0.2, 0.25) is 0 Å². The molecule has 0 unspecified atom stereocenters. The highest BCUT2D eigenvalue weighted by atomic mass is 16.5. The minimum atomic E-state index is 0.109. The van der Waals surface area contributed by atoms with Gasteiger partial charge >= 0.3 is 0 Å². The molecule has 6 heteroatoms. The fraction of sp³-hybridized carbons (Fsp3) is 0.538. The second-order valence-electron chi connectivity index (χ2n) is 4.59. The standard InChI is InChI=1S/C13H20N4O2/c1-19-13-10(14)5-6-11(16-13)15-9-12(18)17-7-3-2-4-8-17/h5-6H,2-4,7-9,14H2,1H3,(H,15,16). The summed E-state index contributed by atoms with van der Waals surface area (Å²) in [5.74, 6) is 1.07. The van der Waals surface area contributed by atoms with Crippen molar-refractivity contribution in [3.63, 3.8) is 0 Å². The number of nitrogen functional groups attached to an aromatic ring is 1. The Morgan fingerprint density at radius 1 is 1.42 bits per heavy atom. The van der Waals surface area contributed by atoms with E-state index < -0.39 is 0 Å². The Morgan fingerprint density at radius 2 is 2.16 bits per heavy atom. The number of carbonyl (C=O) groups is 1. The second kappa shape index (κ2) is 6.26. The molecular formula is C13H20N4O2. The minimum Gasteiger partial charge on any atom is -0.479 e. The van der Waals surface area contributed by atoms with Crippen LogP contribution in [-0.2, 0) is 4.79 Å². The topological polar surface area (TPSA) is 80.5 Å². The van der Waals surface area contributed by atoms with Crippen LogP contribution in [0.4, 0.5) is 11.5 Å². The summed E-state index contributed by atoms with van der Waals surface area (Å²) in [4.78, 5) is 18.0. The van der Waals surface area contributed by atoms with Gasteiger partial charge in [-0.15, -0.1) is 0 Å². The van der Waals surface area contributed by atoms with Crippen molar-refractivity contribution in [2.24, 2.45) is 0 Å². The van der Waals surface area contributed by atoms with Gasteiger partial charge in [0.15, 0.2) is 0 Å². The molecular weight excluding hydrogens is 244 g/mol. The molecule has 0 radical (unpaired) electrons. The van der Waals surface area contributed by atoms with Gasteiger partial charge in [0, 0.05) is 13.1 Å². The van der Waals surface area contributed by atoms with Crippen molar-refractivity contribution >= 4 is 17.4 Å². The van der Waals surface area contributed by atoms with E-state index in [0.717, 1.165) is 25.9 Å². The van der Waals surface area contributed by atoms with Crippen molar-refractivity contribution in [1.82, 2.24) is 9.88 Å². The maximum Gasteiger partial charge on any atom is 0.241 e. The number of aromatic nitrogens is 1. The van der Waals surface area contributed by atoms with E-state index in [1.165, 1.54) is 13.5 Å². The van der Waals surface area contributed by atoms with Crippen molar-refractivity contribution in [2.45, 2.75) is 19.3 Å². The Labute approximate surface area is 112 Å². The van der Waals surface area contributed by atoms with Crippen LogP contribution in [0.25, 0.3) is 0 Å². The van der Waals surface area contributed by atoms with E-state index in [1.807, 2.05) is 4.90 Å². The zero-order valence-corrected chi connectivity index (χ0v) is 11.2. The lowest BCUT2D eigenvalue weighted by Gasteiger charge is -2.26. The Morgan fingerprint density at radius 3 is 2.84 bits per heavy atom. The number of anilines is 2. The van der Waals surface area contributed by atoms with Gasteiger partial charge < -0.3 is 20.7 Å². The fourth-order valence-corrected chi connectivity index (χ4v) is 2.13. The largest absolute Gasteiger partial charge is 0.479 e. The van der Waals surface area contributed by atoms with Crippen LogP contribution in [0.1, 0.15) is 19.3 Å². The molecule has 2 heterocycles. The zero-order valence-electron chi connectivity index (χ0n) is 11.2. The van der Waals surface area contributed by atoms with E-state index in [1.54, 1.807) is 12.1 Å². The Balaban J connectivity index is 1.89. The van der Waals surface area contributed by atoms with Crippen LogP contribution >= 0.6 is 0 Å². The Kier molecular flexibility index (Phi) is 4.43. The monoisotopic (exact) mass is 264 g/mol. The summed E-state index contributed by atoms with van der Waals surface area (Å²) in [6.07, 6.45) is 3.41. The number of amides is 1. The number of nitrogens with zero attached hydrogens (tertiary/aromatic N) is 2. The molecule has 1 aromatic rings. The fourth-order valence-electron chi connectivity index (χ4n) is 2.13. The zero-order chi connectivity index (χ0) is 13.7. The van der Waals surface area contributed by atoms with Gasteiger partial charge in [-0.05, 0) is 31.4 Å². The van der Waals surface area contributed by atoms with Crippen LogP contribution < -0.4 is 15.8 Å². The number of hydrogen-bond donors (Lipinski definition) is 2. The molecule has 1 aromatic heterocycles. The van der Waals surface area contributed by atoms with Crippen LogP contribution in [0, 0.1) is 0 Å². The number of likely N-dealkylation sites (tertiary alicyclic amines) is 1. The molecule has 0 aromatic carbocycles. The molecule has 1 aliphatic rings. The molecule has 0 atom stereocenters. The average Bonchev–Trinajstić information content (AvgIpc) is 2.47. The van der Waals surface area contributed by atoms with Crippen LogP contribution in [0.15, 0.2) is 12.1 Å². The smallest absolute Gasteiger partial charge is 0.241 e. The first kappa shape index (κ1) is 13.5. The van der Waals surface area contributed by atoms with Crippen molar-refractivity contribution in [3.8, 4) is 5.88 Å². The third-order valence-electron chi connectivity index (χ3n) is 3.21. The number of methoxy groups -OCH3 is 1. The maximum absolute atomic E-state index is 12.0. The highest BCUT2D eigenvalue weighted by Crippen LogP contribution is 2.20. The Bertz CT molecular complexity index is 444. The van der Waals surface area contributed by atoms with Gasteiger partial charge in [0.1, 0.15) is 5.82 Å². The van der Waals surface area contributed by atoms with E-state index in [2.05, 4.69) is 10.3 Å². The Hall–Kier alpha value is -1.98. The summed E-state index contributed by atoms with van der Waals surface area (Å²) >= 11 is 0. The normalized spacial score (nSPS) is 15.1. The van der Waals surface area contributed by atoms with E-state index in [0.29, 0.717) is 17.4 Å². The predicted molar refractivity (Wildman–Crippen MR) is 74.1 cm³/mol. The number of carbonyl (C=O) groups excluding carboxylic acids is 1. The van der Waals surface area contributed by atoms with E-state index in [4.69, 9.17) is 10.5 Å². The molecule has 0 spiro atoms. The summed E-state index contributed by atoms with van der Waals surface area (Å²) in [6.45, 7) is 1.97. The molecule has 1 fully saturated rings. The molecule has 19 heavy (non-hydrogen) atoms. The number of nitrogens with one attached hydrogen (secondary N) is 1. The van der Waals surface area contributed by atoms with Crippen LogP contribution in [0.3, 0.4) is 0 Å². The van der Waals surface area contributed by atoms with E-state index in [-0.39, 0.29) is 12.5 Å². The minimum absolute atomic E-state index is 0.109. The SMILES string of the molecule is COc1nc(NCC(=O)N2CCCCC2)ccc1N. The summed E-state index contributed by atoms with van der Waals surface area (Å²) in [7, 11) is 1.52. The molecule has 0 saturated carbocycles. The molecule has 104 valence electrons.